The number of hydrogen-bond donors (Lipinski definition) is 4. The SMILES string of the molecule is CC(=O)NCCNCc1ccc(/C=C/C(=O)Nc2cc(-c3cccs3)ccc2N)cc1. The van der Waals surface area contributed by atoms with E-state index in [2.05, 4.69) is 16.0 Å². The highest BCUT2D eigenvalue weighted by Gasteiger charge is 2.06. The summed E-state index contributed by atoms with van der Waals surface area (Å²) in [7, 11) is 0. The molecule has 6 nitrogen and oxygen atoms in total. The van der Waals surface area contributed by atoms with Crippen molar-refractivity contribution < 1.29 is 9.59 Å². The quantitative estimate of drug-likeness (QED) is 0.233. The molecule has 160 valence electrons. The van der Waals surface area contributed by atoms with E-state index in [4.69, 9.17) is 5.73 Å². The zero-order valence-corrected chi connectivity index (χ0v) is 18.2. The summed E-state index contributed by atoms with van der Waals surface area (Å²) in [6.45, 7) is 3.53. The fourth-order valence-corrected chi connectivity index (χ4v) is 3.64. The minimum atomic E-state index is -0.237. The molecule has 0 saturated carbocycles. The molecule has 0 atom stereocenters. The number of amides is 2. The van der Waals surface area contributed by atoms with E-state index in [1.165, 1.54) is 13.0 Å². The first-order valence-electron chi connectivity index (χ1n) is 9.98. The maximum absolute atomic E-state index is 12.4. The summed E-state index contributed by atoms with van der Waals surface area (Å²) in [4.78, 5) is 24.3. The van der Waals surface area contributed by atoms with Gasteiger partial charge in [0.25, 0.3) is 0 Å². The second kappa shape index (κ2) is 11.1. The number of carbonyl (C=O) groups excluding carboxylic acids is 2. The molecule has 0 saturated heterocycles. The first-order valence-corrected chi connectivity index (χ1v) is 10.9. The first-order chi connectivity index (χ1) is 15.0. The third-order valence-corrected chi connectivity index (χ3v) is 5.45. The molecular formula is C24H26N4O2S. The van der Waals surface area contributed by atoms with Crippen LogP contribution in [-0.4, -0.2) is 24.9 Å². The number of rotatable bonds is 9. The molecule has 0 aliphatic heterocycles. The molecule has 0 radical (unpaired) electrons. The van der Waals surface area contributed by atoms with Gasteiger partial charge in [0, 0.05) is 37.5 Å². The van der Waals surface area contributed by atoms with E-state index in [9.17, 15) is 9.59 Å². The minimum absolute atomic E-state index is 0.0279. The largest absolute Gasteiger partial charge is 0.397 e. The second-order valence-corrected chi connectivity index (χ2v) is 7.95. The number of carbonyl (C=O) groups is 2. The Morgan fingerprint density at radius 3 is 2.58 bits per heavy atom. The van der Waals surface area contributed by atoms with E-state index in [1.54, 1.807) is 23.5 Å². The number of nitrogens with one attached hydrogen (secondary N) is 3. The summed E-state index contributed by atoms with van der Waals surface area (Å²) in [5, 5.41) is 10.9. The highest BCUT2D eigenvalue weighted by Crippen LogP contribution is 2.30. The van der Waals surface area contributed by atoms with Crippen molar-refractivity contribution in [1.82, 2.24) is 10.6 Å². The molecule has 0 aliphatic carbocycles. The Morgan fingerprint density at radius 1 is 1.06 bits per heavy atom. The molecule has 0 spiro atoms. The van der Waals surface area contributed by atoms with Gasteiger partial charge in [0.15, 0.2) is 0 Å². The van der Waals surface area contributed by atoms with Gasteiger partial charge in [-0.2, -0.15) is 0 Å². The van der Waals surface area contributed by atoms with Gasteiger partial charge in [0.05, 0.1) is 11.4 Å². The predicted octanol–water partition coefficient (Wildman–Crippen LogP) is 3.87. The van der Waals surface area contributed by atoms with Gasteiger partial charge >= 0.3 is 0 Å². The zero-order valence-electron chi connectivity index (χ0n) is 17.4. The van der Waals surface area contributed by atoms with Gasteiger partial charge in [0.1, 0.15) is 0 Å². The molecule has 0 fully saturated rings. The topological polar surface area (TPSA) is 96.2 Å². The van der Waals surface area contributed by atoms with Crippen molar-refractivity contribution >= 4 is 40.6 Å². The molecule has 1 aromatic heterocycles. The molecule has 3 aromatic rings. The van der Waals surface area contributed by atoms with E-state index in [0.29, 0.717) is 31.0 Å². The molecule has 0 aliphatic rings. The number of nitrogens with two attached hydrogens (primary N) is 1. The number of anilines is 2. The van der Waals surface area contributed by atoms with Gasteiger partial charge in [0.2, 0.25) is 11.8 Å². The van der Waals surface area contributed by atoms with E-state index in [1.807, 2.05) is 53.9 Å². The molecule has 0 unspecified atom stereocenters. The molecule has 2 amide bonds. The Bertz CT molecular complexity index is 1040. The van der Waals surface area contributed by atoms with Gasteiger partial charge in [-0.15, -0.1) is 11.3 Å². The van der Waals surface area contributed by atoms with Crippen LogP contribution in [0.1, 0.15) is 18.1 Å². The number of hydrogen-bond acceptors (Lipinski definition) is 5. The maximum Gasteiger partial charge on any atom is 0.248 e. The van der Waals surface area contributed by atoms with E-state index >= 15 is 0 Å². The maximum atomic E-state index is 12.4. The smallest absolute Gasteiger partial charge is 0.248 e. The van der Waals surface area contributed by atoms with Crippen molar-refractivity contribution in [2.24, 2.45) is 0 Å². The molecule has 3 rings (SSSR count). The fourth-order valence-electron chi connectivity index (χ4n) is 2.91. The Labute approximate surface area is 186 Å². The van der Waals surface area contributed by atoms with Crippen LogP contribution in [0.4, 0.5) is 11.4 Å². The normalized spacial score (nSPS) is 10.9. The lowest BCUT2D eigenvalue weighted by molar-refractivity contribution is -0.119. The second-order valence-electron chi connectivity index (χ2n) is 7.00. The van der Waals surface area contributed by atoms with Crippen LogP contribution >= 0.6 is 11.3 Å². The Balaban J connectivity index is 1.52. The van der Waals surface area contributed by atoms with Crippen LogP contribution in [-0.2, 0) is 16.1 Å². The van der Waals surface area contributed by atoms with Crippen molar-refractivity contribution in [1.29, 1.82) is 0 Å². The average molecular weight is 435 g/mol. The summed E-state index contributed by atoms with van der Waals surface area (Å²) in [5.41, 5.74) is 10.2. The Morgan fingerprint density at radius 2 is 1.87 bits per heavy atom. The lowest BCUT2D eigenvalue weighted by atomic mass is 10.1. The summed E-state index contributed by atoms with van der Waals surface area (Å²) in [5.74, 6) is -0.265. The van der Waals surface area contributed by atoms with Gasteiger partial charge < -0.3 is 21.7 Å². The molecule has 5 N–H and O–H groups in total. The van der Waals surface area contributed by atoms with Crippen LogP contribution in [0.3, 0.4) is 0 Å². The van der Waals surface area contributed by atoms with E-state index in [0.717, 1.165) is 21.6 Å². The predicted molar refractivity (Wildman–Crippen MR) is 129 cm³/mol. The molecular weight excluding hydrogens is 408 g/mol. The summed E-state index contributed by atoms with van der Waals surface area (Å²) in [6.07, 6.45) is 3.26. The van der Waals surface area contributed by atoms with Crippen LogP contribution in [0, 0.1) is 0 Å². The third-order valence-electron chi connectivity index (χ3n) is 4.53. The van der Waals surface area contributed by atoms with Crippen molar-refractivity contribution in [3.63, 3.8) is 0 Å². The standard InChI is InChI=1S/C24H26N4O2S/c1-17(29)27-13-12-26-16-19-6-4-18(5-7-19)8-11-24(30)28-22-15-20(9-10-21(22)25)23-3-2-14-31-23/h2-11,14-15,26H,12-13,16,25H2,1H3,(H,27,29)(H,28,30)/b11-8+. The number of thiophene rings is 1. The van der Waals surface area contributed by atoms with E-state index < -0.39 is 0 Å². The van der Waals surface area contributed by atoms with Gasteiger partial charge in [-0.05, 0) is 46.3 Å². The van der Waals surface area contributed by atoms with Crippen LogP contribution in [0.15, 0.2) is 66.1 Å². The molecule has 0 bridgehead atoms. The highest BCUT2D eigenvalue weighted by molar-refractivity contribution is 7.13. The van der Waals surface area contributed by atoms with Crippen LogP contribution in [0.25, 0.3) is 16.5 Å². The first kappa shape index (κ1) is 22.3. The third kappa shape index (κ3) is 7.09. The van der Waals surface area contributed by atoms with Crippen LogP contribution in [0.5, 0.6) is 0 Å². The lowest BCUT2D eigenvalue weighted by Gasteiger charge is -2.08. The summed E-state index contributed by atoms with van der Waals surface area (Å²) in [6, 6.07) is 17.6. The van der Waals surface area contributed by atoms with Crippen molar-refractivity contribution in [2.75, 3.05) is 24.1 Å². The highest BCUT2D eigenvalue weighted by atomic mass is 32.1. The average Bonchev–Trinajstić information content (AvgIpc) is 3.29. The molecule has 1 heterocycles. The van der Waals surface area contributed by atoms with Crippen molar-refractivity contribution in [3.05, 3.63) is 77.2 Å². The van der Waals surface area contributed by atoms with Gasteiger partial charge in [-0.25, -0.2) is 0 Å². The monoisotopic (exact) mass is 434 g/mol. The summed E-state index contributed by atoms with van der Waals surface area (Å²) >= 11 is 1.64. The number of nitrogen functional groups attached to an aromatic ring is 1. The molecule has 31 heavy (non-hydrogen) atoms. The van der Waals surface area contributed by atoms with Crippen molar-refractivity contribution in [2.45, 2.75) is 13.5 Å². The Kier molecular flexibility index (Phi) is 7.98. The minimum Gasteiger partial charge on any atom is -0.397 e. The lowest BCUT2D eigenvalue weighted by Crippen LogP contribution is -2.29. The fraction of sp³-hybridized carbons (Fsp3) is 0.167. The van der Waals surface area contributed by atoms with Crippen LogP contribution < -0.4 is 21.7 Å². The van der Waals surface area contributed by atoms with Crippen molar-refractivity contribution in [3.8, 4) is 10.4 Å². The Hall–Kier alpha value is -3.42. The number of benzene rings is 2. The van der Waals surface area contributed by atoms with E-state index in [-0.39, 0.29) is 11.8 Å². The van der Waals surface area contributed by atoms with Crippen LogP contribution in [0.2, 0.25) is 0 Å². The zero-order chi connectivity index (χ0) is 22.1. The van der Waals surface area contributed by atoms with Gasteiger partial charge in [-0.3, -0.25) is 9.59 Å². The molecule has 7 heteroatoms. The van der Waals surface area contributed by atoms with Gasteiger partial charge in [-0.1, -0.05) is 36.4 Å². The summed E-state index contributed by atoms with van der Waals surface area (Å²) < 4.78 is 0. The molecule has 2 aromatic carbocycles.